The summed E-state index contributed by atoms with van der Waals surface area (Å²) in [5, 5.41) is 0.932. The fraction of sp³-hybridized carbons (Fsp3) is 0.200. The number of amides is 2. The van der Waals surface area contributed by atoms with Crippen LogP contribution in [0.5, 0.6) is 0 Å². The van der Waals surface area contributed by atoms with Crippen molar-refractivity contribution in [1.29, 1.82) is 0 Å². The Morgan fingerprint density at radius 2 is 1.94 bits per heavy atom. The number of halogens is 2. The minimum Gasteiger partial charge on any atom is -0.274 e. The second-order valence-corrected chi connectivity index (χ2v) is 3.99. The van der Waals surface area contributed by atoms with Crippen LogP contribution in [0.4, 0.5) is 0 Å². The molecular formula is C10H10Cl2N2O2. The van der Waals surface area contributed by atoms with Crippen LogP contribution in [0.2, 0.25) is 10.0 Å². The second kappa shape index (κ2) is 5.72. The first-order valence-corrected chi connectivity index (χ1v) is 5.24. The second-order valence-electron chi connectivity index (χ2n) is 3.14. The lowest BCUT2D eigenvalue weighted by molar-refractivity contribution is -0.127. The van der Waals surface area contributed by atoms with Gasteiger partial charge in [-0.3, -0.25) is 20.4 Å². The molecule has 0 bridgehead atoms. The molecule has 0 unspecified atom stereocenters. The summed E-state index contributed by atoms with van der Waals surface area (Å²) in [6.07, 6.45) is 0.0796. The fourth-order valence-electron chi connectivity index (χ4n) is 1.04. The maximum Gasteiger partial charge on any atom is 0.242 e. The van der Waals surface area contributed by atoms with Crippen LogP contribution in [0.3, 0.4) is 0 Å². The molecule has 0 atom stereocenters. The van der Waals surface area contributed by atoms with Crippen molar-refractivity contribution in [1.82, 2.24) is 10.9 Å². The van der Waals surface area contributed by atoms with E-state index in [1.54, 1.807) is 18.2 Å². The van der Waals surface area contributed by atoms with Crippen molar-refractivity contribution in [2.45, 2.75) is 13.3 Å². The first-order chi connectivity index (χ1) is 7.49. The third-order valence-electron chi connectivity index (χ3n) is 1.74. The Labute approximate surface area is 103 Å². The molecule has 0 saturated heterocycles. The lowest BCUT2D eigenvalue weighted by Gasteiger charge is -2.06. The van der Waals surface area contributed by atoms with Crippen LogP contribution in [-0.2, 0) is 16.0 Å². The minimum atomic E-state index is -0.348. The Hall–Kier alpha value is -1.26. The van der Waals surface area contributed by atoms with E-state index >= 15 is 0 Å². The molecule has 0 fully saturated rings. The Morgan fingerprint density at radius 1 is 1.25 bits per heavy atom. The van der Waals surface area contributed by atoms with Gasteiger partial charge >= 0.3 is 0 Å². The molecule has 1 aromatic carbocycles. The largest absolute Gasteiger partial charge is 0.274 e. The number of hydrogen-bond acceptors (Lipinski definition) is 2. The van der Waals surface area contributed by atoms with E-state index in [0.717, 1.165) is 0 Å². The van der Waals surface area contributed by atoms with Gasteiger partial charge in [-0.2, -0.15) is 0 Å². The van der Waals surface area contributed by atoms with E-state index in [2.05, 4.69) is 10.9 Å². The zero-order valence-corrected chi connectivity index (χ0v) is 10.0. The van der Waals surface area contributed by atoms with Crippen molar-refractivity contribution in [2.75, 3.05) is 0 Å². The van der Waals surface area contributed by atoms with Crippen molar-refractivity contribution in [3.8, 4) is 0 Å². The average molecular weight is 261 g/mol. The molecule has 0 aliphatic carbocycles. The van der Waals surface area contributed by atoms with Gasteiger partial charge in [0.05, 0.1) is 6.42 Å². The Morgan fingerprint density at radius 3 is 2.50 bits per heavy atom. The molecule has 4 nitrogen and oxygen atoms in total. The predicted molar refractivity (Wildman–Crippen MR) is 62.1 cm³/mol. The monoisotopic (exact) mass is 260 g/mol. The van der Waals surface area contributed by atoms with Crippen molar-refractivity contribution in [2.24, 2.45) is 0 Å². The van der Waals surface area contributed by atoms with Crippen molar-refractivity contribution < 1.29 is 9.59 Å². The van der Waals surface area contributed by atoms with E-state index in [4.69, 9.17) is 23.2 Å². The topological polar surface area (TPSA) is 58.2 Å². The van der Waals surface area contributed by atoms with Crippen LogP contribution in [0.15, 0.2) is 18.2 Å². The van der Waals surface area contributed by atoms with E-state index in [-0.39, 0.29) is 18.2 Å². The molecule has 0 aliphatic heterocycles. The van der Waals surface area contributed by atoms with E-state index < -0.39 is 0 Å². The fourth-order valence-corrected chi connectivity index (χ4v) is 1.52. The molecule has 2 N–H and O–H groups in total. The lowest BCUT2D eigenvalue weighted by Crippen LogP contribution is -2.41. The van der Waals surface area contributed by atoms with E-state index in [1.807, 2.05) is 0 Å². The number of nitrogens with one attached hydrogen (secondary N) is 2. The van der Waals surface area contributed by atoms with E-state index in [9.17, 15) is 9.59 Å². The van der Waals surface area contributed by atoms with Crippen LogP contribution in [0.25, 0.3) is 0 Å². The molecule has 2 amide bonds. The number of carbonyl (C=O) groups excluding carboxylic acids is 2. The first kappa shape index (κ1) is 12.8. The molecule has 16 heavy (non-hydrogen) atoms. The van der Waals surface area contributed by atoms with Gasteiger partial charge < -0.3 is 0 Å². The maximum atomic E-state index is 11.3. The van der Waals surface area contributed by atoms with Crippen LogP contribution in [0.1, 0.15) is 12.5 Å². The Balaban J connectivity index is 2.59. The van der Waals surface area contributed by atoms with E-state index in [0.29, 0.717) is 15.6 Å². The normalized spacial score (nSPS) is 9.69. The summed E-state index contributed by atoms with van der Waals surface area (Å²) in [4.78, 5) is 21.9. The third kappa shape index (κ3) is 4.08. The molecule has 0 spiro atoms. The highest BCUT2D eigenvalue weighted by atomic mass is 35.5. The van der Waals surface area contributed by atoms with Crippen LogP contribution >= 0.6 is 23.2 Å². The molecule has 6 heteroatoms. The quantitative estimate of drug-likeness (QED) is 0.796. The summed E-state index contributed by atoms with van der Waals surface area (Å²) in [6.45, 7) is 1.30. The maximum absolute atomic E-state index is 11.3. The summed E-state index contributed by atoms with van der Waals surface area (Å²) in [7, 11) is 0. The summed E-state index contributed by atoms with van der Waals surface area (Å²) in [5.74, 6) is -0.685. The van der Waals surface area contributed by atoms with Gasteiger partial charge in [0.15, 0.2) is 0 Å². The summed E-state index contributed by atoms with van der Waals surface area (Å²) in [6, 6.07) is 4.87. The SMILES string of the molecule is CC(=O)NNC(=O)Cc1ccc(Cl)cc1Cl. The van der Waals surface area contributed by atoms with Gasteiger partial charge in [0.1, 0.15) is 0 Å². The molecule has 0 aromatic heterocycles. The Bertz CT molecular complexity index is 421. The van der Waals surface area contributed by atoms with Gasteiger partial charge in [-0.25, -0.2) is 0 Å². The average Bonchev–Trinajstić information content (AvgIpc) is 2.19. The van der Waals surface area contributed by atoms with Crippen LogP contribution in [-0.4, -0.2) is 11.8 Å². The number of benzene rings is 1. The lowest BCUT2D eigenvalue weighted by atomic mass is 10.1. The number of rotatable bonds is 2. The zero-order chi connectivity index (χ0) is 12.1. The minimum absolute atomic E-state index is 0.0796. The zero-order valence-electron chi connectivity index (χ0n) is 8.51. The van der Waals surface area contributed by atoms with Gasteiger partial charge in [-0.05, 0) is 17.7 Å². The summed E-state index contributed by atoms with van der Waals surface area (Å²) >= 11 is 11.6. The highest BCUT2D eigenvalue weighted by Gasteiger charge is 2.07. The summed E-state index contributed by atoms with van der Waals surface area (Å²) < 4.78 is 0. The third-order valence-corrected chi connectivity index (χ3v) is 2.33. The van der Waals surface area contributed by atoms with Crippen LogP contribution in [0, 0.1) is 0 Å². The van der Waals surface area contributed by atoms with E-state index in [1.165, 1.54) is 6.92 Å². The van der Waals surface area contributed by atoms with Crippen molar-refractivity contribution >= 4 is 35.0 Å². The standard InChI is InChI=1S/C10H10Cl2N2O2/c1-6(15)13-14-10(16)4-7-2-3-8(11)5-9(7)12/h2-3,5H,4H2,1H3,(H,13,15)(H,14,16). The molecule has 1 aromatic rings. The van der Waals surface area contributed by atoms with Gasteiger partial charge in [-0.1, -0.05) is 29.3 Å². The highest BCUT2D eigenvalue weighted by molar-refractivity contribution is 6.35. The van der Waals surface area contributed by atoms with Gasteiger partial charge in [0, 0.05) is 17.0 Å². The van der Waals surface area contributed by atoms with Crippen molar-refractivity contribution in [3.05, 3.63) is 33.8 Å². The van der Waals surface area contributed by atoms with Gasteiger partial charge in [0.2, 0.25) is 11.8 Å². The smallest absolute Gasteiger partial charge is 0.242 e. The molecule has 1 rings (SSSR count). The molecule has 0 heterocycles. The number of carbonyl (C=O) groups is 2. The predicted octanol–water partition coefficient (Wildman–Crippen LogP) is 1.70. The molecule has 0 aliphatic rings. The highest BCUT2D eigenvalue weighted by Crippen LogP contribution is 2.21. The van der Waals surface area contributed by atoms with Crippen molar-refractivity contribution in [3.63, 3.8) is 0 Å². The van der Waals surface area contributed by atoms with Gasteiger partial charge in [-0.15, -0.1) is 0 Å². The molecule has 0 radical (unpaired) electrons. The summed E-state index contributed by atoms with van der Waals surface area (Å²) in [5.41, 5.74) is 5.08. The van der Waals surface area contributed by atoms with Gasteiger partial charge in [0.25, 0.3) is 0 Å². The molecule has 86 valence electrons. The first-order valence-electron chi connectivity index (χ1n) is 4.48. The van der Waals surface area contributed by atoms with Crippen LogP contribution < -0.4 is 10.9 Å². The Kier molecular flexibility index (Phi) is 4.58. The number of hydrazine groups is 1. The molecule has 0 saturated carbocycles. The number of hydrogen-bond donors (Lipinski definition) is 2. The molecular weight excluding hydrogens is 251 g/mol.